The molecule has 1 heterocycles. The summed E-state index contributed by atoms with van der Waals surface area (Å²) >= 11 is 0. The maximum absolute atomic E-state index is 13.3. The van der Waals surface area contributed by atoms with Gasteiger partial charge >= 0.3 is 5.97 Å². The maximum Gasteiger partial charge on any atom is 0.357 e. The molecular weight excluding hydrogens is 237 g/mol. The van der Waals surface area contributed by atoms with Gasteiger partial charge in [-0.1, -0.05) is 0 Å². The third-order valence-corrected chi connectivity index (χ3v) is 1.82. The Bertz CT molecular complexity index is 483. The van der Waals surface area contributed by atoms with Crippen molar-refractivity contribution in [3.63, 3.8) is 0 Å². The molecule has 0 amide bonds. The van der Waals surface area contributed by atoms with Crippen molar-refractivity contribution in [3.8, 4) is 6.07 Å². The fourth-order valence-electron chi connectivity index (χ4n) is 1.13. The topological polar surface area (TPSA) is 63.0 Å². The molecule has 0 saturated heterocycles. The van der Waals surface area contributed by atoms with Crippen LogP contribution in [0.3, 0.4) is 0 Å². The fraction of sp³-hybridized carbons (Fsp3) is 0.300. The highest BCUT2D eigenvalue weighted by Crippen LogP contribution is 2.25. The van der Waals surface area contributed by atoms with E-state index in [-0.39, 0.29) is 6.61 Å². The number of aromatic nitrogens is 1. The molecule has 0 unspecified atom stereocenters. The van der Waals surface area contributed by atoms with E-state index >= 15 is 0 Å². The van der Waals surface area contributed by atoms with Gasteiger partial charge in [-0.25, -0.2) is 22.9 Å². The Morgan fingerprint density at radius 1 is 1.65 bits per heavy atom. The quantitative estimate of drug-likeness (QED) is 0.764. The summed E-state index contributed by atoms with van der Waals surface area (Å²) < 4.78 is 42.6. The molecule has 0 atom stereocenters. The maximum atomic E-state index is 13.3. The van der Waals surface area contributed by atoms with Crippen LogP contribution in [0.15, 0.2) is 6.07 Å². The molecule has 0 spiro atoms. The van der Waals surface area contributed by atoms with Crippen LogP contribution in [0.2, 0.25) is 0 Å². The molecule has 0 aliphatic rings. The van der Waals surface area contributed by atoms with Crippen molar-refractivity contribution in [1.82, 2.24) is 4.98 Å². The van der Waals surface area contributed by atoms with Crippen LogP contribution in [0.1, 0.15) is 35.1 Å². The Kier molecular flexibility index (Phi) is 4.04. The Morgan fingerprint density at radius 2 is 2.29 bits per heavy atom. The van der Waals surface area contributed by atoms with E-state index in [0.29, 0.717) is 6.07 Å². The van der Waals surface area contributed by atoms with Crippen LogP contribution in [0.25, 0.3) is 0 Å². The zero-order chi connectivity index (χ0) is 13.0. The average Bonchev–Trinajstić information content (AvgIpc) is 2.27. The van der Waals surface area contributed by atoms with Crippen LogP contribution < -0.4 is 0 Å². The van der Waals surface area contributed by atoms with E-state index in [1.54, 1.807) is 0 Å². The second-order valence-corrected chi connectivity index (χ2v) is 2.88. The number of esters is 1. The van der Waals surface area contributed by atoms with Crippen LogP contribution in [0.4, 0.5) is 13.2 Å². The Labute approximate surface area is 94.6 Å². The Morgan fingerprint density at radius 3 is 2.76 bits per heavy atom. The molecule has 1 aromatic heterocycles. The molecule has 1 rings (SSSR count). The van der Waals surface area contributed by atoms with E-state index in [9.17, 15) is 18.0 Å². The third kappa shape index (κ3) is 2.72. The van der Waals surface area contributed by atoms with Crippen LogP contribution in [-0.2, 0) is 4.74 Å². The molecule has 0 aliphatic carbocycles. The first-order valence-corrected chi connectivity index (χ1v) is 4.57. The molecule has 1 aromatic rings. The number of nitrogens with zero attached hydrogens (tertiary/aromatic N) is 2. The molecule has 0 fully saturated rings. The van der Waals surface area contributed by atoms with E-state index in [1.165, 1.54) is 13.0 Å². The van der Waals surface area contributed by atoms with Crippen LogP contribution in [0.5, 0.6) is 0 Å². The molecule has 0 aromatic carbocycles. The molecule has 90 valence electrons. The van der Waals surface area contributed by atoms with Gasteiger partial charge in [-0.2, -0.15) is 5.26 Å². The van der Waals surface area contributed by atoms with Gasteiger partial charge in [0.05, 0.1) is 12.2 Å². The highest BCUT2D eigenvalue weighted by atomic mass is 19.3. The highest BCUT2D eigenvalue weighted by Gasteiger charge is 2.23. The highest BCUT2D eigenvalue weighted by molar-refractivity contribution is 5.87. The van der Waals surface area contributed by atoms with Crippen molar-refractivity contribution >= 4 is 5.97 Å². The smallest absolute Gasteiger partial charge is 0.357 e. The number of ether oxygens (including phenoxy) is 1. The summed E-state index contributed by atoms with van der Waals surface area (Å²) in [5.41, 5.74) is -2.44. The summed E-state index contributed by atoms with van der Waals surface area (Å²) in [5, 5.41) is 8.56. The normalized spacial score (nSPS) is 10.1. The Balaban J connectivity index is 3.28. The molecule has 0 saturated carbocycles. The predicted molar refractivity (Wildman–Crippen MR) is 49.8 cm³/mol. The minimum absolute atomic E-state index is 0.0284. The van der Waals surface area contributed by atoms with Crippen molar-refractivity contribution in [1.29, 1.82) is 5.26 Å². The molecule has 7 heteroatoms. The number of alkyl halides is 2. The lowest BCUT2D eigenvalue weighted by Gasteiger charge is -2.06. The standard InChI is InChI=1S/C10H7F3N2O2/c1-2-17-10(16)6-3-5(11)8(9(12)13)7(4-14)15-6/h3,9H,2H2,1H3. The first kappa shape index (κ1) is 13.0. The van der Waals surface area contributed by atoms with Gasteiger partial charge in [0.25, 0.3) is 6.43 Å². The zero-order valence-electron chi connectivity index (χ0n) is 8.71. The minimum Gasteiger partial charge on any atom is -0.461 e. The summed E-state index contributed by atoms with van der Waals surface area (Å²) in [6.07, 6.45) is -3.17. The van der Waals surface area contributed by atoms with Gasteiger partial charge in [0.1, 0.15) is 11.9 Å². The number of carbonyl (C=O) groups excluding carboxylic acids is 1. The molecular formula is C10H7F3N2O2. The lowest BCUT2D eigenvalue weighted by molar-refractivity contribution is 0.0517. The summed E-state index contributed by atoms with van der Waals surface area (Å²) in [6.45, 7) is 1.55. The monoisotopic (exact) mass is 244 g/mol. The third-order valence-electron chi connectivity index (χ3n) is 1.82. The fourth-order valence-corrected chi connectivity index (χ4v) is 1.13. The van der Waals surface area contributed by atoms with E-state index in [2.05, 4.69) is 9.72 Å². The van der Waals surface area contributed by atoms with E-state index in [4.69, 9.17) is 5.26 Å². The Hall–Kier alpha value is -2.10. The van der Waals surface area contributed by atoms with Gasteiger partial charge in [0, 0.05) is 6.07 Å². The first-order chi connectivity index (χ1) is 8.01. The predicted octanol–water partition coefficient (Wildman–Crippen LogP) is 2.21. The van der Waals surface area contributed by atoms with Crippen molar-refractivity contribution in [2.45, 2.75) is 13.3 Å². The van der Waals surface area contributed by atoms with E-state index < -0.39 is 35.2 Å². The first-order valence-electron chi connectivity index (χ1n) is 4.57. The molecule has 4 nitrogen and oxygen atoms in total. The minimum atomic E-state index is -3.17. The summed E-state index contributed by atoms with van der Waals surface area (Å²) in [5.74, 6) is -2.32. The van der Waals surface area contributed by atoms with Crippen molar-refractivity contribution in [3.05, 3.63) is 28.8 Å². The lowest BCUT2D eigenvalue weighted by Crippen LogP contribution is -2.11. The molecule has 0 N–H and O–H groups in total. The molecule has 0 bridgehead atoms. The average molecular weight is 244 g/mol. The number of pyridine rings is 1. The number of hydrogen-bond acceptors (Lipinski definition) is 4. The van der Waals surface area contributed by atoms with Gasteiger partial charge in [0.2, 0.25) is 0 Å². The second kappa shape index (κ2) is 5.30. The molecule has 0 radical (unpaired) electrons. The van der Waals surface area contributed by atoms with Gasteiger partial charge in [-0.05, 0) is 6.92 Å². The second-order valence-electron chi connectivity index (χ2n) is 2.88. The summed E-state index contributed by atoms with van der Waals surface area (Å²) in [4.78, 5) is 14.5. The number of carbonyl (C=O) groups is 1. The number of nitriles is 1. The van der Waals surface area contributed by atoms with Crippen LogP contribution >= 0.6 is 0 Å². The van der Waals surface area contributed by atoms with Crippen LogP contribution in [0, 0.1) is 17.1 Å². The van der Waals surface area contributed by atoms with E-state index in [1.807, 2.05) is 0 Å². The number of halogens is 3. The largest absolute Gasteiger partial charge is 0.461 e. The van der Waals surface area contributed by atoms with Gasteiger partial charge in [-0.15, -0.1) is 0 Å². The SMILES string of the molecule is CCOC(=O)c1cc(F)c(C(F)F)c(C#N)n1. The van der Waals surface area contributed by atoms with Crippen molar-refractivity contribution in [2.24, 2.45) is 0 Å². The lowest BCUT2D eigenvalue weighted by atomic mass is 10.1. The van der Waals surface area contributed by atoms with Gasteiger partial charge < -0.3 is 4.74 Å². The number of hydrogen-bond donors (Lipinski definition) is 0. The zero-order valence-corrected chi connectivity index (χ0v) is 8.71. The van der Waals surface area contributed by atoms with Gasteiger partial charge in [-0.3, -0.25) is 0 Å². The van der Waals surface area contributed by atoms with Crippen molar-refractivity contribution < 1.29 is 22.7 Å². The number of rotatable bonds is 3. The summed E-state index contributed by atoms with van der Waals surface area (Å²) in [7, 11) is 0. The van der Waals surface area contributed by atoms with Crippen LogP contribution in [-0.4, -0.2) is 17.6 Å². The molecule has 17 heavy (non-hydrogen) atoms. The van der Waals surface area contributed by atoms with E-state index in [0.717, 1.165) is 0 Å². The van der Waals surface area contributed by atoms with Crippen molar-refractivity contribution in [2.75, 3.05) is 6.61 Å². The molecule has 0 aliphatic heterocycles. The summed E-state index contributed by atoms with van der Waals surface area (Å²) in [6, 6.07) is 1.84. The van der Waals surface area contributed by atoms with Gasteiger partial charge in [0.15, 0.2) is 11.4 Å².